The Hall–Kier alpha value is -1.10. The topological polar surface area (TPSA) is 58.6 Å². The molecule has 3 rings (SSSR count). The summed E-state index contributed by atoms with van der Waals surface area (Å²) in [6.07, 6.45) is 7.92. The van der Waals surface area contributed by atoms with Gasteiger partial charge < -0.3 is 15.0 Å². The molecule has 2 aliphatic heterocycles. The molecule has 0 unspecified atom stereocenters. The third-order valence-electron chi connectivity index (χ3n) is 5.37. The maximum Gasteiger partial charge on any atom is 0.225 e. The standard InChI is InChI=1S/C17H28N2O3/c20-16(11-13-7-10-22-12-13)18-15-5-8-19(9-6-15)17(21)14-3-1-2-4-14/h13-15H,1-12H2,(H,18,20)/t13-/m1/s1. The highest BCUT2D eigenvalue weighted by Crippen LogP contribution is 2.27. The number of nitrogens with one attached hydrogen (secondary N) is 1. The van der Waals surface area contributed by atoms with Crippen LogP contribution in [0.2, 0.25) is 0 Å². The average Bonchev–Trinajstić information content (AvgIpc) is 3.20. The summed E-state index contributed by atoms with van der Waals surface area (Å²) in [7, 11) is 0. The lowest BCUT2D eigenvalue weighted by Gasteiger charge is -2.34. The number of carbonyl (C=O) groups is 2. The molecule has 0 aromatic heterocycles. The minimum Gasteiger partial charge on any atom is -0.381 e. The molecule has 3 fully saturated rings. The Morgan fingerprint density at radius 3 is 2.41 bits per heavy atom. The van der Waals surface area contributed by atoms with Crippen molar-refractivity contribution in [3.05, 3.63) is 0 Å². The summed E-state index contributed by atoms with van der Waals surface area (Å²) in [5.41, 5.74) is 0. The third kappa shape index (κ3) is 4.00. The van der Waals surface area contributed by atoms with Crippen molar-refractivity contribution < 1.29 is 14.3 Å². The monoisotopic (exact) mass is 308 g/mol. The molecular formula is C17H28N2O3. The molecule has 1 atom stereocenters. The third-order valence-corrected chi connectivity index (χ3v) is 5.37. The Labute approximate surface area is 132 Å². The first-order valence-corrected chi connectivity index (χ1v) is 8.88. The number of rotatable bonds is 4. The lowest BCUT2D eigenvalue weighted by molar-refractivity contribution is -0.136. The van der Waals surface area contributed by atoms with Crippen molar-refractivity contribution in [2.45, 2.75) is 57.4 Å². The number of hydrogen-bond donors (Lipinski definition) is 1. The normalized spacial score (nSPS) is 27.3. The van der Waals surface area contributed by atoms with Gasteiger partial charge in [0.1, 0.15) is 0 Å². The zero-order chi connectivity index (χ0) is 15.4. The molecule has 2 saturated heterocycles. The van der Waals surface area contributed by atoms with Crippen LogP contribution in [0.25, 0.3) is 0 Å². The molecule has 0 radical (unpaired) electrons. The van der Waals surface area contributed by atoms with E-state index in [0.717, 1.165) is 58.4 Å². The average molecular weight is 308 g/mol. The highest BCUT2D eigenvalue weighted by atomic mass is 16.5. The van der Waals surface area contributed by atoms with E-state index in [1.54, 1.807) is 0 Å². The van der Waals surface area contributed by atoms with Gasteiger partial charge in [-0.2, -0.15) is 0 Å². The van der Waals surface area contributed by atoms with Crippen molar-refractivity contribution in [3.8, 4) is 0 Å². The molecule has 0 aromatic carbocycles. The van der Waals surface area contributed by atoms with Crippen LogP contribution in [-0.2, 0) is 14.3 Å². The Morgan fingerprint density at radius 2 is 1.77 bits per heavy atom. The van der Waals surface area contributed by atoms with Crippen LogP contribution in [0, 0.1) is 11.8 Å². The summed E-state index contributed by atoms with van der Waals surface area (Å²) in [5, 5.41) is 3.14. The molecule has 0 bridgehead atoms. The molecule has 1 aliphatic carbocycles. The van der Waals surface area contributed by atoms with Gasteiger partial charge in [0.2, 0.25) is 11.8 Å². The van der Waals surface area contributed by atoms with Gasteiger partial charge in [-0.25, -0.2) is 0 Å². The fraction of sp³-hybridized carbons (Fsp3) is 0.882. The van der Waals surface area contributed by atoms with Crippen LogP contribution < -0.4 is 5.32 Å². The molecule has 124 valence electrons. The van der Waals surface area contributed by atoms with E-state index in [1.165, 1.54) is 12.8 Å². The van der Waals surface area contributed by atoms with Gasteiger partial charge in [-0.1, -0.05) is 12.8 Å². The SMILES string of the molecule is O=C(C[C@H]1CCOC1)NC1CCN(C(=O)C2CCCC2)CC1. The van der Waals surface area contributed by atoms with Gasteiger partial charge in [0.15, 0.2) is 0 Å². The lowest BCUT2D eigenvalue weighted by atomic mass is 10.00. The largest absolute Gasteiger partial charge is 0.381 e. The summed E-state index contributed by atoms with van der Waals surface area (Å²) in [6, 6.07) is 0.238. The summed E-state index contributed by atoms with van der Waals surface area (Å²) >= 11 is 0. The van der Waals surface area contributed by atoms with Crippen molar-refractivity contribution in [1.82, 2.24) is 10.2 Å². The van der Waals surface area contributed by atoms with E-state index in [9.17, 15) is 9.59 Å². The second-order valence-corrected chi connectivity index (χ2v) is 7.08. The summed E-state index contributed by atoms with van der Waals surface area (Å²) in [5.74, 6) is 1.17. The molecule has 2 amide bonds. The summed E-state index contributed by atoms with van der Waals surface area (Å²) in [4.78, 5) is 26.4. The predicted molar refractivity (Wildman–Crippen MR) is 83.2 cm³/mol. The molecule has 3 aliphatic rings. The highest BCUT2D eigenvalue weighted by molar-refractivity contribution is 5.79. The zero-order valence-electron chi connectivity index (χ0n) is 13.4. The second kappa shape index (κ2) is 7.44. The number of nitrogens with zero attached hydrogens (tertiary/aromatic N) is 1. The smallest absolute Gasteiger partial charge is 0.225 e. The number of carbonyl (C=O) groups excluding carboxylic acids is 2. The van der Waals surface area contributed by atoms with Gasteiger partial charge in [0.25, 0.3) is 0 Å². The Morgan fingerprint density at radius 1 is 1.05 bits per heavy atom. The van der Waals surface area contributed by atoms with Crippen LogP contribution in [0.5, 0.6) is 0 Å². The quantitative estimate of drug-likeness (QED) is 0.860. The Balaban J connectivity index is 1.37. The first kappa shape index (κ1) is 15.8. The number of ether oxygens (including phenoxy) is 1. The number of likely N-dealkylation sites (tertiary alicyclic amines) is 1. The minimum absolute atomic E-state index is 0.149. The van der Waals surface area contributed by atoms with Crippen molar-refractivity contribution in [2.75, 3.05) is 26.3 Å². The summed E-state index contributed by atoms with van der Waals surface area (Å²) < 4.78 is 5.31. The molecule has 5 nitrogen and oxygen atoms in total. The van der Waals surface area contributed by atoms with Crippen molar-refractivity contribution in [1.29, 1.82) is 0 Å². The van der Waals surface area contributed by atoms with Crippen molar-refractivity contribution in [2.24, 2.45) is 11.8 Å². The van der Waals surface area contributed by atoms with Crippen LogP contribution in [0.1, 0.15) is 51.4 Å². The van der Waals surface area contributed by atoms with E-state index in [1.807, 2.05) is 4.90 Å². The number of amides is 2. The molecule has 1 saturated carbocycles. The molecule has 22 heavy (non-hydrogen) atoms. The maximum atomic E-state index is 12.4. The second-order valence-electron chi connectivity index (χ2n) is 7.08. The summed E-state index contributed by atoms with van der Waals surface area (Å²) in [6.45, 7) is 3.11. The number of piperidine rings is 1. The zero-order valence-corrected chi connectivity index (χ0v) is 13.4. The van der Waals surface area contributed by atoms with Crippen LogP contribution in [-0.4, -0.2) is 49.1 Å². The fourth-order valence-corrected chi connectivity index (χ4v) is 3.97. The van der Waals surface area contributed by atoms with Crippen LogP contribution >= 0.6 is 0 Å². The van der Waals surface area contributed by atoms with Gasteiger partial charge in [0, 0.05) is 44.7 Å². The van der Waals surface area contributed by atoms with Crippen LogP contribution in [0.15, 0.2) is 0 Å². The molecule has 1 N–H and O–H groups in total. The van der Waals surface area contributed by atoms with Gasteiger partial charge in [-0.15, -0.1) is 0 Å². The van der Waals surface area contributed by atoms with E-state index in [0.29, 0.717) is 18.2 Å². The van der Waals surface area contributed by atoms with Crippen LogP contribution in [0.3, 0.4) is 0 Å². The van der Waals surface area contributed by atoms with Crippen LogP contribution in [0.4, 0.5) is 0 Å². The molecule has 0 spiro atoms. The maximum absolute atomic E-state index is 12.4. The highest BCUT2D eigenvalue weighted by Gasteiger charge is 2.30. The van der Waals surface area contributed by atoms with Gasteiger partial charge in [0.05, 0.1) is 0 Å². The Kier molecular flexibility index (Phi) is 5.34. The molecule has 0 aromatic rings. The van der Waals surface area contributed by atoms with E-state index < -0.39 is 0 Å². The Bertz CT molecular complexity index is 393. The molecular weight excluding hydrogens is 280 g/mol. The number of hydrogen-bond acceptors (Lipinski definition) is 3. The fourth-order valence-electron chi connectivity index (χ4n) is 3.97. The van der Waals surface area contributed by atoms with E-state index >= 15 is 0 Å². The van der Waals surface area contributed by atoms with E-state index in [2.05, 4.69) is 5.32 Å². The predicted octanol–water partition coefficient (Wildman–Crippen LogP) is 1.71. The van der Waals surface area contributed by atoms with E-state index in [4.69, 9.17) is 4.74 Å². The first-order chi connectivity index (χ1) is 10.7. The van der Waals surface area contributed by atoms with Gasteiger partial charge in [-0.3, -0.25) is 9.59 Å². The minimum atomic E-state index is 0.149. The molecule has 2 heterocycles. The van der Waals surface area contributed by atoms with Crippen molar-refractivity contribution in [3.63, 3.8) is 0 Å². The van der Waals surface area contributed by atoms with Gasteiger partial charge in [-0.05, 0) is 38.0 Å². The lowest BCUT2D eigenvalue weighted by Crippen LogP contribution is -2.48. The van der Waals surface area contributed by atoms with E-state index in [-0.39, 0.29) is 17.9 Å². The first-order valence-electron chi connectivity index (χ1n) is 8.88. The molecule has 5 heteroatoms. The van der Waals surface area contributed by atoms with Gasteiger partial charge >= 0.3 is 0 Å². The van der Waals surface area contributed by atoms with Crippen molar-refractivity contribution >= 4 is 11.8 Å².